The Morgan fingerprint density at radius 3 is 2.72 bits per heavy atom. The van der Waals surface area contributed by atoms with Gasteiger partial charge in [-0.2, -0.15) is 5.26 Å². The number of rotatable bonds is 8. The molecule has 7 nitrogen and oxygen atoms in total. The van der Waals surface area contributed by atoms with Gasteiger partial charge in [0.05, 0.1) is 6.07 Å². The lowest BCUT2D eigenvalue weighted by Crippen LogP contribution is -2.50. The summed E-state index contributed by atoms with van der Waals surface area (Å²) in [5.74, 6) is -0.465. The number of alkyl halides is 2. The summed E-state index contributed by atoms with van der Waals surface area (Å²) in [6.07, 6.45) is 0.0341. The van der Waals surface area contributed by atoms with Crippen LogP contribution < -0.4 is 10.6 Å². The fourth-order valence-electron chi connectivity index (χ4n) is 4.30. The number of aliphatic hydroxyl groups excluding tert-OH is 2. The number of nitrogens with zero attached hydrogens (tertiary/aromatic N) is 2. The number of carbonyl (C=O) groups excluding carboxylic acids is 1. The van der Waals surface area contributed by atoms with Crippen molar-refractivity contribution in [3.8, 4) is 6.07 Å². The van der Waals surface area contributed by atoms with Gasteiger partial charge < -0.3 is 20.4 Å². The van der Waals surface area contributed by atoms with Crippen LogP contribution in [0.3, 0.4) is 0 Å². The number of benzene rings is 1. The Bertz CT molecular complexity index is 886. The Labute approximate surface area is 186 Å². The van der Waals surface area contributed by atoms with Crippen molar-refractivity contribution >= 4 is 12.0 Å². The van der Waals surface area contributed by atoms with E-state index >= 15 is 0 Å². The molecule has 2 heterocycles. The number of hydrogen-bond donors (Lipinski definition) is 4. The van der Waals surface area contributed by atoms with Crippen LogP contribution in [0.5, 0.6) is 0 Å². The van der Waals surface area contributed by atoms with Crippen LogP contribution in [0.4, 0.5) is 8.78 Å². The van der Waals surface area contributed by atoms with E-state index in [4.69, 9.17) is 0 Å². The van der Waals surface area contributed by atoms with E-state index in [0.29, 0.717) is 36.9 Å². The molecule has 1 aromatic carbocycles. The molecule has 0 aromatic heterocycles. The maximum absolute atomic E-state index is 13.2. The number of hydrogen-bond acceptors (Lipinski definition) is 6. The van der Waals surface area contributed by atoms with Crippen molar-refractivity contribution in [2.45, 2.75) is 64.1 Å². The van der Waals surface area contributed by atoms with Gasteiger partial charge in [0, 0.05) is 23.2 Å². The lowest BCUT2D eigenvalue weighted by atomic mass is 9.94. The first-order valence-corrected chi connectivity index (χ1v) is 10.9. The van der Waals surface area contributed by atoms with Crippen molar-refractivity contribution in [1.29, 1.82) is 5.26 Å². The van der Waals surface area contributed by atoms with Crippen LogP contribution in [0.25, 0.3) is 6.08 Å². The Balaban J connectivity index is 1.79. The molecule has 1 amide bonds. The summed E-state index contributed by atoms with van der Waals surface area (Å²) in [4.78, 5) is 14.6. The standard InChI is InChI=1S/C23H30F2N4O3/c1-13(2)9-19(22(31)28-17(12-26)10-16-5-7-27-21(16)30)29-8-6-14-3-4-15(20(24)25)11-18(14)23(29)32/h3-4,6,8,11,13,16-17,19-21,23,27,30,32H,5,7,9-10H2,1-2H3,(H,28,31)/t16-,17-,19-,21-,23-/m0/s1. The van der Waals surface area contributed by atoms with Gasteiger partial charge in [0.2, 0.25) is 5.91 Å². The minimum Gasteiger partial charge on any atom is -0.378 e. The maximum atomic E-state index is 13.2. The first-order chi connectivity index (χ1) is 15.2. The normalized spacial score (nSPS) is 24.3. The predicted octanol–water partition coefficient (Wildman–Crippen LogP) is 2.64. The van der Waals surface area contributed by atoms with Crippen molar-refractivity contribution in [3.63, 3.8) is 0 Å². The van der Waals surface area contributed by atoms with E-state index in [9.17, 15) is 29.1 Å². The van der Waals surface area contributed by atoms with Gasteiger partial charge in [-0.15, -0.1) is 0 Å². The van der Waals surface area contributed by atoms with Gasteiger partial charge >= 0.3 is 0 Å². The first-order valence-electron chi connectivity index (χ1n) is 10.9. The van der Waals surface area contributed by atoms with Gasteiger partial charge in [-0.1, -0.05) is 26.0 Å². The second-order valence-electron chi connectivity index (χ2n) is 8.84. The third kappa shape index (κ3) is 5.44. The lowest BCUT2D eigenvalue weighted by Gasteiger charge is -2.38. The minimum atomic E-state index is -2.67. The number of carbonyl (C=O) groups is 1. The third-order valence-corrected chi connectivity index (χ3v) is 6.03. The molecular formula is C23H30F2N4O3. The molecule has 32 heavy (non-hydrogen) atoms. The number of nitrogens with one attached hydrogen (secondary N) is 2. The Morgan fingerprint density at radius 1 is 1.38 bits per heavy atom. The van der Waals surface area contributed by atoms with Crippen LogP contribution in [0.15, 0.2) is 24.4 Å². The van der Waals surface area contributed by atoms with Crippen molar-refractivity contribution in [2.24, 2.45) is 11.8 Å². The molecule has 2 aliphatic rings. The Morgan fingerprint density at radius 2 is 2.12 bits per heavy atom. The molecule has 0 bridgehead atoms. The summed E-state index contributed by atoms with van der Waals surface area (Å²) in [6, 6.07) is 4.60. The van der Waals surface area contributed by atoms with E-state index in [1.807, 2.05) is 13.8 Å². The highest BCUT2D eigenvalue weighted by atomic mass is 19.3. The van der Waals surface area contributed by atoms with Gasteiger partial charge in [0.1, 0.15) is 18.3 Å². The topological polar surface area (TPSA) is 109 Å². The monoisotopic (exact) mass is 448 g/mol. The van der Waals surface area contributed by atoms with E-state index in [2.05, 4.69) is 16.7 Å². The highest BCUT2D eigenvalue weighted by molar-refractivity contribution is 5.83. The summed E-state index contributed by atoms with van der Waals surface area (Å²) in [5, 5.41) is 36.1. The second-order valence-corrected chi connectivity index (χ2v) is 8.84. The van der Waals surface area contributed by atoms with Crippen LogP contribution in [0.2, 0.25) is 0 Å². The van der Waals surface area contributed by atoms with Gasteiger partial charge in [0.15, 0.2) is 6.23 Å². The van der Waals surface area contributed by atoms with Crippen LogP contribution in [-0.4, -0.2) is 45.9 Å². The molecule has 0 saturated carbocycles. The third-order valence-electron chi connectivity index (χ3n) is 6.03. The van der Waals surface area contributed by atoms with Crippen LogP contribution in [0.1, 0.15) is 62.5 Å². The summed E-state index contributed by atoms with van der Waals surface area (Å²) < 4.78 is 26.3. The van der Waals surface area contributed by atoms with Crippen LogP contribution in [0, 0.1) is 23.2 Å². The summed E-state index contributed by atoms with van der Waals surface area (Å²) in [5.41, 5.74) is 0.722. The van der Waals surface area contributed by atoms with E-state index in [0.717, 1.165) is 0 Å². The Hall–Kier alpha value is -2.54. The molecule has 1 fully saturated rings. The largest absolute Gasteiger partial charge is 0.378 e. The number of aliphatic hydroxyl groups is 2. The molecule has 5 atom stereocenters. The van der Waals surface area contributed by atoms with Crippen molar-refractivity contribution in [3.05, 3.63) is 41.1 Å². The summed E-state index contributed by atoms with van der Waals surface area (Å²) in [6.45, 7) is 4.52. The molecular weight excluding hydrogens is 418 g/mol. The van der Waals surface area contributed by atoms with Crippen molar-refractivity contribution in [2.75, 3.05) is 6.54 Å². The molecule has 1 aromatic rings. The summed E-state index contributed by atoms with van der Waals surface area (Å²) in [7, 11) is 0. The molecule has 1 saturated heterocycles. The SMILES string of the molecule is CC(C)C[C@@H](C(=O)N[C@H](C#N)C[C@@H]1CCN[C@H]1O)N1C=Cc2ccc(C(F)F)cc2[C@@H]1O. The minimum absolute atomic E-state index is 0.0986. The molecule has 174 valence electrons. The average molecular weight is 449 g/mol. The lowest BCUT2D eigenvalue weighted by molar-refractivity contribution is -0.130. The van der Waals surface area contributed by atoms with Crippen LogP contribution in [-0.2, 0) is 4.79 Å². The highest BCUT2D eigenvalue weighted by Gasteiger charge is 2.35. The molecule has 0 aliphatic carbocycles. The second kappa shape index (κ2) is 10.4. The van der Waals surface area contributed by atoms with Gasteiger partial charge in [0.25, 0.3) is 6.43 Å². The zero-order valence-electron chi connectivity index (χ0n) is 18.2. The number of amides is 1. The Kier molecular flexibility index (Phi) is 7.82. The van der Waals surface area contributed by atoms with E-state index < -0.39 is 36.9 Å². The van der Waals surface area contributed by atoms with Crippen molar-refractivity contribution < 1.29 is 23.8 Å². The first kappa shape index (κ1) is 24.1. The molecule has 0 spiro atoms. The fourth-order valence-corrected chi connectivity index (χ4v) is 4.30. The molecule has 3 rings (SSSR count). The number of fused-ring (bicyclic) bond motifs is 1. The highest BCUT2D eigenvalue weighted by Crippen LogP contribution is 2.34. The zero-order valence-corrected chi connectivity index (χ0v) is 18.2. The van der Waals surface area contributed by atoms with E-state index in [-0.39, 0.29) is 17.4 Å². The molecule has 0 radical (unpaired) electrons. The van der Waals surface area contributed by atoms with Crippen molar-refractivity contribution in [1.82, 2.24) is 15.5 Å². The molecule has 9 heteroatoms. The van der Waals surface area contributed by atoms with Gasteiger partial charge in [-0.3, -0.25) is 10.1 Å². The zero-order chi connectivity index (χ0) is 23.4. The fraction of sp³-hybridized carbons (Fsp3) is 0.565. The van der Waals surface area contributed by atoms with E-state index in [1.165, 1.54) is 23.1 Å². The smallest absolute Gasteiger partial charge is 0.263 e. The van der Waals surface area contributed by atoms with Gasteiger partial charge in [-0.25, -0.2) is 8.78 Å². The number of halogens is 2. The van der Waals surface area contributed by atoms with Gasteiger partial charge in [-0.05, 0) is 49.4 Å². The average Bonchev–Trinajstić information content (AvgIpc) is 3.16. The predicted molar refractivity (Wildman–Crippen MR) is 115 cm³/mol. The molecule has 2 aliphatic heterocycles. The molecule has 0 unspecified atom stereocenters. The molecule has 4 N–H and O–H groups in total. The number of nitriles is 1. The quantitative estimate of drug-likeness (QED) is 0.487. The van der Waals surface area contributed by atoms with Crippen LogP contribution >= 0.6 is 0 Å². The maximum Gasteiger partial charge on any atom is 0.263 e. The summed E-state index contributed by atoms with van der Waals surface area (Å²) >= 11 is 0. The van der Waals surface area contributed by atoms with E-state index in [1.54, 1.807) is 12.3 Å².